The van der Waals surface area contributed by atoms with E-state index in [9.17, 15) is 14.7 Å². The molecule has 3 aromatic rings. The molecule has 2 fully saturated rings. The van der Waals surface area contributed by atoms with Crippen LogP contribution in [0.4, 0.5) is 0 Å². The number of amides is 2. The number of carbonyl (C=O) groups is 2. The SMILES string of the molecule is COCC1CCCN1CC1OC(c2ccc(CN3C(=O)c4ccccc4C3=O)cc2)OC(c2ccc(CO)cc2)C1C. The van der Waals surface area contributed by atoms with Crippen molar-refractivity contribution in [2.24, 2.45) is 5.92 Å². The van der Waals surface area contributed by atoms with Gasteiger partial charge in [-0.05, 0) is 48.2 Å². The average molecular weight is 571 g/mol. The van der Waals surface area contributed by atoms with Gasteiger partial charge in [0, 0.05) is 31.2 Å². The van der Waals surface area contributed by atoms with Gasteiger partial charge in [0.05, 0.1) is 43.1 Å². The second-order valence-corrected chi connectivity index (χ2v) is 11.6. The number of ether oxygens (including phenoxy) is 3. The molecule has 42 heavy (non-hydrogen) atoms. The molecule has 1 N–H and O–H groups in total. The Hall–Kier alpha value is -3.40. The van der Waals surface area contributed by atoms with Gasteiger partial charge in [0.2, 0.25) is 0 Å². The molecule has 6 rings (SSSR count). The quantitative estimate of drug-likeness (QED) is 0.367. The van der Waals surface area contributed by atoms with Gasteiger partial charge in [0.25, 0.3) is 11.8 Å². The van der Waals surface area contributed by atoms with Gasteiger partial charge < -0.3 is 19.3 Å². The lowest BCUT2D eigenvalue weighted by Crippen LogP contribution is -2.46. The lowest BCUT2D eigenvalue weighted by Gasteiger charge is -2.43. The van der Waals surface area contributed by atoms with Gasteiger partial charge in [-0.1, -0.05) is 67.6 Å². The van der Waals surface area contributed by atoms with Gasteiger partial charge in [0.15, 0.2) is 6.29 Å². The first-order valence-electron chi connectivity index (χ1n) is 14.7. The van der Waals surface area contributed by atoms with E-state index in [1.807, 2.05) is 48.5 Å². The molecule has 2 amide bonds. The highest BCUT2D eigenvalue weighted by molar-refractivity contribution is 6.21. The molecular formula is C34H38N2O6. The third-order valence-corrected chi connectivity index (χ3v) is 8.87. The van der Waals surface area contributed by atoms with Gasteiger partial charge in [-0.25, -0.2) is 0 Å². The molecule has 0 spiro atoms. The van der Waals surface area contributed by atoms with Crippen LogP contribution in [-0.2, 0) is 27.4 Å². The lowest BCUT2D eigenvalue weighted by atomic mass is 9.90. The second kappa shape index (κ2) is 12.5. The number of likely N-dealkylation sites (tertiary alicyclic amines) is 1. The maximum Gasteiger partial charge on any atom is 0.261 e. The number of rotatable bonds is 9. The molecule has 8 nitrogen and oxygen atoms in total. The normalized spacial score (nSPS) is 26.2. The Morgan fingerprint density at radius 2 is 1.52 bits per heavy atom. The van der Waals surface area contributed by atoms with Crippen LogP contribution in [0.25, 0.3) is 0 Å². The highest BCUT2D eigenvalue weighted by Gasteiger charge is 2.41. The number of imide groups is 1. The zero-order chi connectivity index (χ0) is 29.2. The molecule has 3 heterocycles. The minimum atomic E-state index is -0.578. The topological polar surface area (TPSA) is 88.5 Å². The highest BCUT2D eigenvalue weighted by Crippen LogP contribution is 2.42. The van der Waals surface area contributed by atoms with Crippen molar-refractivity contribution in [1.29, 1.82) is 0 Å². The third-order valence-electron chi connectivity index (χ3n) is 8.87. The molecule has 0 radical (unpaired) electrons. The number of fused-ring (bicyclic) bond motifs is 1. The smallest absolute Gasteiger partial charge is 0.261 e. The predicted molar refractivity (Wildman–Crippen MR) is 157 cm³/mol. The summed E-state index contributed by atoms with van der Waals surface area (Å²) < 4.78 is 18.8. The predicted octanol–water partition coefficient (Wildman–Crippen LogP) is 4.88. The minimum absolute atomic E-state index is 0.00136. The van der Waals surface area contributed by atoms with Gasteiger partial charge in [0.1, 0.15) is 0 Å². The largest absolute Gasteiger partial charge is 0.392 e. The number of benzene rings is 3. The Kier molecular flexibility index (Phi) is 8.51. The molecule has 5 atom stereocenters. The molecular weight excluding hydrogens is 532 g/mol. The monoisotopic (exact) mass is 570 g/mol. The van der Waals surface area contributed by atoms with Crippen LogP contribution in [-0.4, -0.2) is 65.7 Å². The maximum absolute atomic E-state index is 12.8. The van der Waals surface area contributed by atoms with Gasteiger partial charge in [-0.15, -0.1) is 0 Å². The summed E-state index contributed by atoms with van der Waals surface area (Å²) in [7, 11) is 1.75. The van der Waals surface area contributed by atoms with Crippen LogP contribution < -0.4 is 0 Å². The zero-order valence-electron chi connectivity index (χ0n) is 24.1. The van der Waals surface area contributed by atoms with Crippen LogP contribution in [0.2, 0.25) is 0 Å². The fraction of sp³-hybridized carbons (Fsp3) is 0.412. The summed E-state index contributed by atoms with van der Waals surface area (Å²) >= 11 is 0. The van der Waals surface area contributed by atoms with Crippen LogP contribution in [0, 0.1) is 5.92 Å². The van der Waals surface area contributed by atoms with Crippen molar-refractivity contribution in [2.75, 3.05) is 26.8 Å². The van der Waals surface area contributed by atoms with Crippen molar-refractivity contribution in [3.8, 4) is 0 Å². The Labute approximate surface area is 246 Å². The molecule has 3 aromatic carbocycles. The Balaban J connectivity index is 1.21. The molecule has 0 aromatic heterocycles. The van der Waals surface area contributed by atoms with Crippen molar-refractivity contribution < 1.29 is 28.9 Å². The van der Waals surface area contributed by atoms with Gasteiger partial charge in [-0.3, -0.25) is 19.4 Å². The molecule has 3 aliphatic rings. The molecule has 0 saturated carbocycles. The van der Waals surface area contributed by atoms with E-state index in [0.29, 0.717) is 23.8 Å². The van der Waals surface area contributed by atoms with E-state index in [1.54, 1.807) is 31.4 Å². The standard InChI is InChI=1S/C34H38N2O6/c1-22-30(19-35-17-5-6-27(35)21-40-2)41-34(42-31(22)25-13-11-24(20-37)12-14-25)26-15-9-23(10-16-26)18-36-32(38)28-7-3-4-8-29(28)33(36)39/h3-4,7-16,22,27,30-31,34,37H,5-6,17-21H2,1-2H3. The van der Waals surface area contributed by atoms with Crippen LogP contribution in [0.3, 0.4) is 0 Å². The van der Waals surface area contributed by atoms with Crippen LogP contribution in [0.1, 0.15) is 75.1 Å². The summed E-state index contributed by atoms with van der Waals surface area (Å²) in [5.41, 5.74) is 4.54. The van der Waals surface area contributed by atoms with Crippen molar-refractivity contribution in [1.82, 2.24) is 9.80 Å². The third kappa shape index (κ3) is 5.65. The number of hydrogen-bond donors (Lipinski definition) is 1. The Morgan fingerprint density at radius 1 is 0.881 bits per heavy atom. The zero-order valence-corrected chi connectivity index (χ0v) is 24.1. The van der Waals surface area contributed by atoms with Crippen LogP contribution >= 0.6 is 0 Å². The highest BCUT2D eigenvalue weighted by atomic mass is 16.7. The van der Waals surface area contributed by atoms with Gasteiger partial charge >= 0.3 is 0 Å². The summed E-state index contributed by atoms with van der Waals surface area (Å²) in [6.07, 6.45) is 1.43. The first-order chi connectivity index (χ1) is 20.5. The number of methoxy groups -OCH3 is 1. The number of aliphatic hydroxyl groups is 1. The molecule has 3 aliphatic heterocycles. The summed E-state index contributed by atoms with van der Waals surface area (Å²) in [4.78, 5) is 29.5. The molecule has 2 saturated heterocycles. The van der Waals surface area contributed by atoms with E-state index >= 15 is 0 Å². The lowest BCUT2D eigenvalue weighted by molar-refractivity contribution is -0.276. The first-order valence-corrected chi connectivity index (χ1v) is 14.7. The summed E-state index contributed by atoms with van der Waals surface area (Å²) in [5, 5.41) is 9.53. The number of hydrogen-bond acceptors (Lipinski definition) is 7. The van der Waals surface area contributed by atoms with E-state index in [1.165, 1.54) is 4.90 Å². The van der Waals surface area contributed by atoms with E-state index in [-0.39, 0.29) is 43.1 Å². The van der Waals surface area contributed by atoms with Crippen LogP contribution in [0.15, 0.2) is 72.8 Å². The van der Waals surface area contributed by atoms with Gasteiger partial charge in [-0.2, -0.15) is 0 Å². The Morgan fingerprint density at radius 3 is 2.17 bits per heavy atom. The minimum Gasteiger partial charge on any atom is -0.392 e. The number of aliphatic hydroxyl groups excluding tert-OH is 1. The molecule has 0 bridgehead atoms. The summed E-state index contributed by atoms with van der Waals surface area (Å²) in [6.45, 7) is 4.90. The van der Waals surface area contributed by atoms with E-state index in [4.69, 9.17) is 14.2 Å². The van der Waals surface area contributed by atoms with Crippen molar-refractivity contribution >= 4 is 11.8 Å². The summed E-state index contributed by atoms with van der Waals surface area (Å²) in [5.74, 6) is -0.434. The van der Waals surface area contributed by atoms with Crippen molar-refractivity contribution in [2.45, 2.75) is 57.5 Å². The first kappa shape index (κ1) is 28.7. The maximum atomic E-state index is 12.8. The van der Waals surface area contributed by atoms with E-state index in [2.05, 4.69) is 11.8 Å². The molecule has 8 heteroatoms. The fourth-order valence-electron chi connectivity index (χ4n) is 6.42. The fourth-order valence-corrected chi connectivity index (χ4v) is 6.42. The van der Waals surface area contributed by atoms with E-state index in [0.717, 1.165) is 48.2 Å². The average Bonchev–Trinajstić information content (AvgIpc) is 3.56. The molecule has 5 unspecified atom stereocenters. The Bertz CT molecular complexity index is 1370. The summed E-state index contributed by atoms with van der Waals surface area (Å²) in [6, 6.07) is 23.0. The van der Waals surface area contributed by atoms with E-state index < -0.39 is 6.29 Å². The van der Waals surface area contributed by atoms with Crippen molar-refractivity contribution in [3.05, 3.63) is 106 Å². The second-order valence-electron chi connectivity index (χ2n) is 11.6. The van der Waals surface area contributed by atoms with Crippen LogP contribution in [0.5, 0.6) is 0 Å². The molecule has 0 aliphatic carbocycles. The van der Waals surface area contributed by atoms with Crippen molar-refractivity contribution in [3.63, 3.8) is 0 Å². The number of nitrogens with zero attached hydrogens (tertiary/aromatic N) is 2. The number of carbonyl (C=O) groups excluding carboxylic acids is 2. The molecule has 220 valence electrons.